The van der Waals surface area contributed by atoms with Crippen LogP contribution in [0.3, 0.4) is 0 Å². The maximum atomic E-state index is 11.7. The quantitative estimate of drug-likeness (QED) is 0.249. The Morgan fingerprint density at radius 3 is 1.77 bits per heavy atom. The molecule has 6 heteroatoms. The van der Waals surface area contributed by atoms with Crippen molar-refractivity contribution >= 4 is 28.4 Å². The molecule has 0 aliphatic carbocycles. The van der Waals surface area contributed by atoms with Crippen molar-refractivity contribution in [3.05, 3.63) is 88.7 Å². The van der Waals surface area contributed by atoms with E-state index in [1.54, 1.807) is 24.3 Å². The molecule has 1 atom stereocenters. The van der Waals surface area contributed by atoms with Gasteiger partial charge in [0.05, 0.1) is 17.1 Å². The van der Waals surface area contributed by atoms with Crippen LogP contribution in [0.25, 0.3) is 0 Å². The van der Waals surface area contributed by atoms with Crippen molar-refractivity contribution in [2.45, 2.75) is 39.7 Å². The summed E-state index contributed by atoms with van der Waals surface area (Å²) < 4.78 is 0. The van der Waals surface area contributed by atoms with Crippen molar-refractivity contribution in [2.24, 2.45) is 16.3 Å². The smallest absolute Gasteiger partial charge is 0.133 e. The van der Waals surface area contributed by atoms with Crippen molar-refractivity contribution in [3.8, 4) is 0 Å². The Hall–Kier alpha value is -3.54. The zero-order valence-electron chi connectivity index (χ0n) is 18.2. The minimum atomic E-state index is 0.0187. The van der Waals surface area contributed by atoms with E-state index >= 15 is 0 Å². The number of nitrogens with zero attached hydrogens (tertiary/aromatic N) is 4. The highest BCUT2D eigenvalue weighted by molar-refractivity contribution is 5.81. The van der Waals surface area contributed by atoms with E-state index < -0.39 is 0 Å². The number of benzene rings is 3. The van der Waals surface area contributed by atoms with Crippen LogP contribution in [0.4, 0.5) is 28.4 Å². The van der Waals surface area contributed by atoms with Gasteiger partial charge in [0.2, 0.25) is 0 Å². The Labute approximate surface area is 183 Å². The molecule has 6 nitrogen and oxygen atoms in total. The molecule has 0 radical (unpaired) electrons. The lowest BCUT2D eigenvalue weighted by atomic mass is 10.0. The number of nitroso groups, excluding NO2 is 2. The first kappa shape index (κ1) is 22.2. The van der Waals surface area contributed by atoms with Gasteiger partial charge in [0.1, 0.15) is 11.4 Å². The highest BCUT2D eigenvalue weighted by Crippen LogP contribution is 2.41. The fraction of sp³-hybridized carbons (Fsp3) is 0.280. The normalized spacial score (nSPS) is 11.7. The minimum absolute atomic E-state index is 0.0187. The van der Waals surface area contributed by atoms with Crippen LogP contribution in [0.5, 0.6) is 0 Å². The fourth-order valence-corrected chi connectivity index (χ4v) is 3.64. The summed E-state index contributed by atoms with van der Waals surface area (Å²) in [7, 11) is 0. The third kappa shape index (κ3) is 5.15. The molecule has 0 bridgehead atoms. The van der Waals surface area contributed by atoms with E-state index in [2.05, 4.69) is 36.1 Å². The van der Waals surface area contributed by atoms with Gasteiger partial charge in [0.25, 0.3) is 0 Å². The van der Waals surface area contributed by atoms with Crippen LogP contribution in [0.15, 0.2) is 89.2 Å². The molecule has 1 unspecified atom stereocenters. The molecule has 3 aromatic rings. The largest absolute Gasteiger partial charge is 0.276 e. The van der Waals surface area contributed by atoms with Gasteiger partial charge < -0.3 is 0 Å². The number of anilines is 3. The van der Waals surface area contributed by atoms with Crippen LogP contribution in [0.2, 0.25) is 0 Å². The Balaban J connectivity index is 2.24. The van der Waals surface area contributed by atoms with E-state index in [0.717, 1.165) is 18.5 Å². The maximum absolute atomic E-state index is 11.7. The zero-order valence-corrected chi connectivity index (χ0v) is 18.2. The molecule has 160 valence electrons. The lowest BCUT2D eigenvalue weighted by Crippen LogP contribution is -2.46. The van der Waals surface area contributed by atoms with E-state index in [-0.39, 0.29) is 6.04 Å². The number of hydrogen-bond donors (Lipinski definition) is 0. The maximum Gasteiger partial charge on any atom is 0.133 e. The minimum Gasteiger partial charge on any atom is -0.276 e. The van der Waals surface area contributed by atoms with E-state index in [1.807, 2.05) is 59.6 Å². The van der Waals surface area contributed by atoms with Crippen LogP contribution in [0, 0.1) is 15.7 Å². The van der Waals surface area contributed by atoms with E-state index in [4.69, 9.17) is 0 Å². The monoisotopic (exact) mass is 416 g/mol. The molecule has 0 N–H and O–H groups in total. The van der Waals surface area contributed by atoms with Crippen molar-refractivity contribution in [1.82, 2.24) is 0 Å². The second kappa shape index (κ2) is 10.5. The van der Waals surface area contributed by atoms with Gasteiger partial charge in [-0.15, -0.1) is 9.81 Å². The molecule has 0 saturated heterocycles. The lowest BCUT2D eigenvalue weighted by Gasteiger charge is -2.42. The molecule has 0 spiro atoms. The van der Waals surface area contributed by atoms with Crippen molar-refractivity contribution in [3.63, 3.8) is 0 Å². The van der Waals surface area contributed by atoms with Crippen LogP contribution in [-0.2, 0) is 0 Å². The molecule has 0 aliphatic heterocycles. The highest BCUT2D eigenvalue weighted by Gasteiger charge is 2.28. The molecule has 0 amide bonds. The molecule has 3 aromatic carbocycles. The van der Waals surface area contributed by atoms with Crippen molar-refractivity contribution in [2.75, 3.05) is 10.0 Å². The number of hydrazine groups is 1. The number of hydrogen-bond acceptors (Lipinski definition) is 6. The van der Waals surface area contributed by atoms with Gasteiger partial charge in [-0.3, -0.25) is 10.0 Å². The average molecular weight is 417 g/mol. The summed E-state index contributed by atoms with van der Waals surface area (Å²) in [5, 5.41) is 10.6. The molecule has 31 heavy (non-hydrogen) atoms. The van der Waals surface area contributed by atoms with Gasteiger partial charge in [0.15, 0.2) is 0 Å². The van der Waals surface area contributed by atoms with E-state index in [1.165, 1.54) is 0 Å². The van der Waals surface area contributed by atoms with Gasteiger partial charge >= 0.3 is 0 Å². The van der Waals surface area contributed by atoms with Crippen LogP contribution in [-0.4, -0.2) is 6.04 Å². The molecule has 3 rings (SSSR count). The third-order valence-electron chi connectivity index (χ3n) is 5.23. The van der Waals surface area contributed by atoms with Gasteiger partial charge in [-0.1, -0.05) is 56.3 Å². The molecule has 0 aliphatic rings. The SMILES string of the molecule is CC(C)CCC(C)N(c1ccccc1N=O)N(c1ccccc1)c1ccccc1N=O. The fourth-order valence-electron chi connectivity index (χ4n) is 3.64. The second-order valence-corrected chi connectivity index (χ2v) is 7.97. The van der Waals surface area contributed by atoms with Gasteiger partial charge in [-0.25, -0.2) is 0 Å². The summed E-state index contributed by atoms with van der Waals surface area (Å²) in [6, 6.07) is 24.3. The van der Waals surface area contributed by atoms with Gasteiger partial charge in [-0.2, -0.15) is 0 Å². The first-order valence-corrected chi connectivity index (χ1v) is 10.6. The standard InChI is InChI=1S/C25H28N4O2/c1-19(2)17-18-20(3)28(24-15-9-7-13-22(24)26-30)29(21-11-5-4-6-12-21)25-16-10-8-14-23(25)27-31/h4-16,19-20H,17-18H2,1-3H3. The first-order valence-electron chi connectivity index (χ1n) is 10.6. The highest BCUT2D eigenvalue weighted by atomic mass is 16.3. The Morgan fingerprint density at radius 2 is 1.19 bits per heavy atom. The Bertz CT molecular complexity index is 1010. The second-order valence-electron chi connectivity index (χ2n) is 7.97. The van der Waals surface area contributed by atoms with Crippen molar-refractivity contribution in [1.29, 1.82) is 0 Å². The Kier molecular flexibility index (Phi) is 7.49. The third-order valence-corrected chi connectivity index (χ3v) is 5.23. The van der Waals surface area contributed by atoms with E-state index in [9.17, 15) is 9.81 Å². The average Bonchev–Trinajstić information content (AvgIpc) is 2.81. The predicted octanol–water partition coefficient (Wildman–Crippen LogP) is 7.87. The zero-order chi connectivity index (χ0) is 22.2. The summed E-state index contributed by atoms with van der Waals surface area (Å²) >= 11 is 0. The molecule has 0 heterocycles. The first-order chi connectivity index (χ1) is 15.1. The predicted molar refractivity (Wildman–Crippen MR) is 128 cm³/mol. The summed E-state index contributed by atoms with van der Waals surface area (Å²) in [5.41, 5.74) is 2.84. The number of rotatable bonds is 10. The lowest BCUT2D eigenvalue weighted by molar-refractivity contribution is 0.492. The van der Waals surface area contributed by atoms with Crippen LogP contribution < -0.4 is 10.0 Å². The summed E-state index contributed by atoms with van der Waals surface area (Å²) in [4.78, 5) is 23.3. The van der Waals surface area contributed by atoms with Crippen LogP contribution >= 0.6 is 0 Å². The summed E-state index contributed by atoms with van der Waals surface area (Å²) in [5.74, 6) is 0.540. The van der Waals surface area contributed by atoms with Crippen molar-refractivity contribution < 1.29 is 0 Å². The molecular formula is C25H28N4O2. The molecule has 0 saturated carbocycles. The molecule has 0 aromatic heterocycles. The molecule has 0 fully saturated rings. The summed E-state index contributed by atoms with van der Waals surface area (Å²) in [6.07, 6.45) is 1.91. The number of para-hydroxylation sites is 3. The van der Waals surface area contributed by atoms with Gasteiger partial charge in [-0.05, 0) is 72.4 Å². The van der Waals surface area contributed by atoms with Crippen LogP contribution in [0.1, 0.15) is 33.6 Å². The summed E-state index contributed by atoms with van der Waals surface area (Å²) in [6.45, 7) is 6.51. The Morgan fingerprint density at radius 1 is 0.677 bits per heavy atom. The van der Waals surface area contributed by atoms with E-state index in [0.29, 0.717) is 28.7 Å². The van der Waals surface area contributed by atoms with Gasteiger partial charge in [0, 0.05) is 6.04 Å². The topological polar surface area (TPSA) is 65.3 Å². The molecular weight excluding hydrogens is 388 g/mol.